The van der Waals surface area contributed by atoms with E-state index < -0.39 is 0 Å². The van der Waals surface area contributed by atoms with Crippen LogP contribution in [0.2, 0.25) is 0 Å². The maximum absolute atomic E-state index is 13.0. The first-order chi connectivity index (χ1) is 12.8. The summed E-state index contributed by atoms with van der Waals surface area (Å²) < 4.78 is 2.34. The average Bonchev–Trinajstić information content (AvgIpc) is 2.92. The van der Waals surface area contributed by atoms with Crippen molar-refractivity contribution in [2.45, 2.75) is 34.6 Å². The molecule has 0 radical (unpaired) electrons. The van der Waals surface area contributed by atoms with Crippen LogP contribution in [0.1, 0.15) is 29.4 Å². The van der Waals surface area contributed by atoms with E-state index in [-0.39, 0.29) is 9.68 Å². The van der Waals surface area contributed by atoms with E-state index in [2.05, 4.69) is 22.1 Å². The third-order valence-corrected chi connectivity index (χ3v) is 5.64. The van der Waals surface area contributed by atoms with Gasteiger partial charge in [0, 0.05) is 4.81 Å². The van der Waals surface area contributed by atoms with Crippen LogP contribution in [0, 0.1) is 27.7 Å². The van der Waals surface area contributed by atoms with Crippen LogP contribution in [0.3, 0.4) is 0 Å². The molecule has 0 N–H and O–H groups in total. The van der Waals surface area contributed by atoms with Crippen molar-refractivity contribution in [2.75, 3.05) is 20.8 Å². The molecule has 0 atom stereocenters. The molecule has 0 fully saturated rings. The van der Waals surface area contributed by atoms with Crippen molar-refractivity contribution in [3.63, 3.8) is 0 Å². The molecule has 0 unspecified atom stereocenters. The molecule has 0 saturated carbocycles. The zero-order valence-electron chi connectivity index (χ0n) is 16.8. The molecule has 27 heavy (non-hydrogen) atoms. The highest BCUT2D eigenvalue weighted by Gasteiger charge is 2.38. The first-order valence-electron chi connectivity index (χ1n) is 8.76. The van der Waals surface area contributed by atoms with Crippen LogP contribution in [-0.2, 0) is 9.68 Å². The Morgan fingerprint density at radius 3 is 2.19 bits per heavy atom. The summed E-state index contributed by atoms with van der Waals surface area (Å²) in [5, 5.41) is 0. The van der Waals surface area contributed by atoms with Gasteiger partial charge in [-0.25, -0.2) is 4.98 Å². The van der Waals surface area contributed by atoms with Crippen LogP contribution >= 0.6 is 11.3 Å². The third-order valence-electron chi connectivity index (χ3n) is 4.71. The first kappa shape index (κ1) is 19.6. The fraction of sp³-hybridized carbons (Fsp3) is 0.421. The number of thiazole rings is 1. The molecule has 3 aromatic rings. The van der Waals surface area contributed by atoms with Gasteiger partial charge < -0.3 is 0 Å². The van der Waals surface area contributed by atoms with Gasteiger partial charge in [-0.05, 0) is 45.7 Å². The van der Waals surface area contributed by atoms with E-state index in [1.807, 2.05) is 27.7 Å². The van der Waals surface area contributed by atoms with Crippen molar-refractivity contribution >= 4 is 27.5 Å². The van der Waals surface area contributed by atoms with Gasteiger partial charge in [-0.15, -0.1) is 0 Å². The van der Waals surface area contributed by atoms with Crippen molar-refractivity contribution in [3.8, 4) is 5.69 Å². The second-order valence-electron chi connectivity index (χ2n) is 6.55. The van der Waals surface area contributed by atoms with Crippen molar-refractivity contribution in [1.29, 1.82) is 0 Å². The zero-order chi connectivity index (χ0) is 19.9. The molecule has 2 aromatic heterocycles. The summed E-state index contributed by atoms with van der Waals surface area (Å²) in [6.45, 7) is 10.3. The highest BCUT2D eigenvalue weighted by Crippen LogP contribution is 2.34. The number of hydrogen-bond donors (Lipinski definition) is 0. The number of fused-ring (bicyclic) bond motifs is 1. The van der Waals surface area contributed by atoms with Gasteiger partial charge in [-0.2, -0.15) is 14.7 Å². The van der Waals surface area contributed by atoms with Crippen LogP contribution < -0.4 is 9.68 Å². The van der Waals surface area contributed by atoms with E-state index in [9.17, 15) is 4.79 Å². The number of hydrogen-bond acceptors (Lipinski definition) is 6. The van der Waals surface area contributed by atoms with Gasteiger partial charge in [0.15, 0.2) is 10.3 Å². The minimum absolute atomic E-state index is 0.109. The smallest absolute Gasteiger partial charge is 0.256 e. The van der Waals surface area contributed by atoms with Crippen LogP contribution in [0.5, 0.6) is 0 Å². The molecule has 0 aliphatic rings. The van der Waals surface area contributed by atoms with Crippen molar-refractivity contribution in [1.82, 2.24) is 19.3 Å². The number of hydroxylamine groups is 2. The molecular weight excluding hydrogens is 364 g/mol. The summed E-state index contributed by atoms with van der Waals surface area (Å²) in [7, 11) is 3.12. The van der Waals surface area contributed by atoms with E-state index in [0.29, 0.717) is 28.5 Å². The minimum Gasteiger partial charge on any atom is -0.256 e. The Balaban J connectivity index is 2.43. The molecule has 0 aliphatic carbocycles. The van der Waals surface area contributed by atoms with E-state index in [0.717, 1.165) is 33.7 Å². The second-order valence-corrected chi connectivity index (χ2v) is 7.51. The Labute approximate surface area is 162 Å². The molecule has 3 rings (SSSR count). The lowest BCUT2D eigenvalue weighted by Gasteiger charge is -2.26. The van der Waals surface area contributed by atoms with Gasteiger partial charge in [0.25, 0.3) is 0 Å². The molecule has 7 nitrogen and oxygen atoms in total. The molecule has 8 heteroatoms. The highest BCUT2D eigenvalue weighted by atomic mass is 32.1. The van der Waals surface area contributed by atoms with Crippen molar-refractivity contribution < 1.29 is 9.68 Å². The molecule has 0 saturated heterocycles. The monoisotopic (exact) mass is 389 g/mol. The normalized spacial score (nSPS) is 12.1. The van der Waals surface area contributed by atoms with Gasteiger partial charge >= 0.3 is 10.7 Å². The van der Waals surface area contributed by atoms with E-state index in [4.69, 9.17) is 9.68 Å². The first-order valence-corrected chi connectivity index (χ1v) is 9.58. The fourth-order valence-electron chi connectivity index (χ4n) is 3.60. The van der Waals surface area contributed by atoms with Gasteiger partial charge in [-0.1, -0.05) is 29.0 Å². The lowest BCUT2D eigenvalue weighted by atomic mass is 10.1. The van der Waals surface area contributed by atoms with Crippen molar-refractivity contribution in [2.24, 2.45) is 0 Å². The topological polar surface area (TPSA) is 66.2 Å². The van der Waals surface area contributed by atoms with Gasteiger partial charge in [0.05, 0.1) is 5.69 Å². The van der Waals surface area contributed by atoms with Gasteiger partial charge in [-0.3, -0.25) is 9.36 Å². The summed E-state index contributed by atoms with van der Waals surface area (Å²) >= 11 is 1.11. The Morgan fingerprint density at radius 1 is 1.07 bits per heavy atom. The van der Waals surface area contributed by atoms with E-state index >= 15 is 0 Å². The molecular formula is C19H25N4O3S+. The van der Waals surface area contributed by atoms with Crippen LogP contribution in [-0.4, -0.2) is 35.3 Å². The second kappa shape index (κ2) is 7.12. The SMILES string of the molecule is CC[N+](OC)(OC)c1nc(C)nc2c1sc(=O)n2-c1c(C)cc(C)cc1C. The Hall–Kier alpha value is -2.13. The number of rotatable bonds is 5. The van der Waals surface area contributed by atoms with Crippen LogP contribution in [0.4, 0.5) is 5.82 Å². The lowest BCUT2D eigenvalue weighted by Crippen LogP contribution is -2.47. The average molecular weight is 390 g/mol. The number of aromatic nitrogens is 3. The molecule has 0 spiro atoms. The molecule has 1 aromatic carbocycles. The minimum atomic E-state index is -0.244. The largest absolute Gasteiger partial charge is 0.317 e. The standard InChI is InChI=1S/C19H25N4O3S/c1-8-23(25-6,26-7)18-16-17(20-14(5)21-18)22(19(24)27-16)15-12(3)9-11(2)10-13(15)4/h9-10H,8H2,1-7H3/q+1. The van der Waals surface area contributed by atoms with Gasteiger partial charge in [0.2, 0.25) is 0 Å². The Kier molecular flexibility index (Phi) is 5.18. The third kappa shape index (κ3) is 3.08. The lowest BCUT2D eigenvalue weighted by molar-refractivity contribution is -0.325. The number of benzene rings is 1. The van der Waals surface area contributed by atoms with Gasteiger partial charge in [0.1, 0.15) is 26.6 Å². The number of quaternary nitrogens is 1. The summed E-state index contributed by atoms with van der Waals surface area (Å²) in [5.41, 5.74) is 4.66. The summed E-state index contributed by atoms with van der Waals surface area (Å²) in [4.78, 5) is 33.1. The summed E-state index contributed by atoms with van der Waals surface area (Å²) in [6.07, 6.45) is 0. The molecule has 0 amide bonds. The Bertz CT molecular complexity index is 1040. The number of nitrogens with zero attached hydrogens (tertiary/aromatic N) is 4. The van der Waals surface area contributed by atoms with Crippen LogP contribution in [0.15, 0.2) is 16.9 Å². The van der Waals surface area contributed by atoms with Crippen molar-refractivity contribution in [3.05, 3.63) is 44.3 Å². The fourth-order valence-corrected chi connectivity index (χ4v) is 4.55. The quantitative estimate of drug-likeness (QED) is 0.493. The summed E-state index contributed by atoms with van der Waals surface area (Å²) in [5.74, 6) is 1.09. The summed E-state index contributed by atoms with van der Waals surface area (Å²) in [6, 6.07) is 4.15. The maximum atomic E-state index is 13.0. The molecule has 0 aliphatic heterocycles. The van der Waals surface area contributed by atoms with E-state index in [1.54, 1.807) is 25.7 Å². The predicted octanol–water partition coefficient (Wildman–Crippen LogP) is 3.53. The molecule has 144 valence electrons. The molecule has 2 heterocycles. The predicted molar refractivity (Wildman–Crippen MR) is 108 cm³/mol. The molecule has 0 bridgehead atoms. The van der Waals surface area contributed by atoms with E-state index in [1.165, 1.54) is 0 Å². The number of aryl methyl sites for hydroxylation is 4. The highest BCUT2D eigenvalue weighted by molar-refractivity contribution is 7.17. The Morgan fingerprint density at radius 2 is 1.67 bits per heavy atom. The maximum Gasteiger partial charge on any atom is 0.317 e. The van der Waals surface area contributed by atoms with Crippen LogP contribution in [0.25, 0.3) is 16.0 Å². The zero-order valence-corrected chi connectivity index (χ0v) is 17.6.